The zero-order chi connectivity index (χ0) is 14.4. The van der Waals surface area contributed by atoms with Crippen LogP contribution in [0.2, 0.25) is 0 Å². The lowest BCUT2D eigenvalue weighted by Gasteiger charge is -2.16. The number of pyridine rings is 1. The van der Waals surface area contributed by atoms with Gasteiger partial charge in [-0.1, -0.05) is 12.1 Å². The van der Waals surface area contributed by atoms with E-state index in [9.17, 15) is 4.39 Å². The number of nitrogens with zero attached hydrogens (tertiary/aromatic N) is 1. The van der Waals surface area contributed by atoms with Crippen molar-refractivity contribution in [3.8, 4) is 0 Å². The Morgan fingerprint density at radius 2 is 2.15 bits per heavy atom. The van der Waals surface area contributed by atoms with E-state index in [-0.39, 0.29) is 11.9 Å². The highest BCUT2D eigenvalue weighted by Gasteiger charge is 2.10. The number of benzene rings is 1. The number of hydrogen-bond acceptors (Lipinski definition) is 3. The van der Waals surface area contributed by atoms with Crippen molar-refractivity contribution in [1.29, 1.82) is 0 Å². The monoisotopic (exact) mass is 337 g/mol. The molecule has 0 aliphatic rings. The van der Waals surface area contributed by atoms with Gasteiger partial charge in [-0.2, -0.15) is 0 Å². The van der Waals surface area contributed by atoms with Crippen molar-refractivity contribution in [2.45, 2.75) is 25.3 Å². The van der Waals surface area contributed by atoms with Gasteiger partial charge in [0.1, 0.15) is 5.82 Å². The van der Waals surface area contributed by atoms with Gasteiger partial charge in [0.15, 0.2) is 0 Å². The molecule has 0 saturated heterocycles. The van der Waals surface area contributed by atoms with Crippen LogP contribution in [0.3, 0.4) is 0 Å². The minimum atomic E-state index is -0.250. The normalized spacial score (nSPS) is 12.3. The Morgan fingerprint density at radius 3 is 2.80 bits per heavy atom. The van der Waals surface area contributed by atoms with Crippen LogP contribution in [0.4, 0.5) is 4.39 Å². The molecule has 0 aliphatic carbocycles. The SMILES string of the molecule is NNC(CCc1ccccn1)Cc1ccc(F)c(Br)c1. The number of nitrogens with one attached hydrogen (secondary N) is 1. The number of nitrogens with two attached hydrogens (primary N) is 1. The smallest absolute Gasteiger partial charge is 0.137 e. The molecule has 0 spiro atoms. The summed E-state index contributed by atoms with van der Waals surface area (Å²) in [5.74, 6) is 5.35. The van der Waals surface area contributed by atoms with Crippen LogP contribution in [0, 0.1) is 5.82 Å². The van der Waals surface area contributed by atoms with E-state index in [4.69, 9.17) is 5.84 Å². The third-order valence-electron chi connectivity index (χ3n) is 3.18. The van der Waals surface area contributed by atoms with Gasteiger partial charge in [0.2, 0.25) is 0 Å². The molecule has 0 radical (unpaired) electrons. The van der Waals surface area contributed by atoms with Crippen LogP contribution in [-0.2, 0) is 12.8 Å². The van der Waals surface area contributed by atoms with Gasteiger partial charge in [-0.15, -0.1) is 0 Å². The van der Waals surface area contributed by atoms with Crippen LogP contribution >= 0.6 is 15.9 Å². The van der Waals surface area contributed by atoms with Crippen molar-refractivity contribution >= 4 is 15.9 Å². The summed E-state index contributed by atoms with van der Waals surface area (Å²) in [7, 11) is 0. The van der Waals surface area contributed by atoms with E-state index < -0.39 is 0 Å². The van der Waals surface area contributed by atoms with Gasteiger partial charge in [0.25, 0.3) is 0 Å². The first-order valence-corrected chi connectivity index (χ1v) is 7.28. The molecule has 0 aliphatic heterocycles. The van der Waals surface area contributed by atoms with Crippen molar-refractivity contribution in [3.05, 3.63) is 64.1 Å². The molecule has 20 heavy (non-hydrogen) atoms. The molecule has 2 aromatic rings. The molecule has 2 rings (SSSR count). The van der Waals surface area contributed by atoms with E-state index in [1.165, 1.54) is 6.07 Å². The Balaban J connectivity index is 1.93. The maximum atomic E-state index is 13.2. The quantitative estimate of drug-likeness (QED) is 0.629. The maximum absolute atomic E-state index is 13.2. The van der Waals surface area contributed by atoms with Crippen molar-refractivity contribution in [2.75, 3.05) is 0 Å². The fraction of sp³-hybridized carbons (Fsp3) is 0.267. The number of hydrogen-bond donors (Lipinski definition) is 2. The average Bonchev–Trinajstić information content (AvgIpc) is 2.48. The van der Waals surface area contributed by atoms with Crippen molar-refractivity contribution in [3.63, 3.8) is 0 Å². The number of hydrazine groups is 1. The first-order chi connectivity index (χ1) is 9.69. The molecule has 1 unspecified atom stereocenters. The lowest BCUT2D eigenvalue weighted by Crippen LogP contribution is -2.37. The van der Waals surface area contributed by atoms with E-state index in [0.29, 0.717) is 4.47 Å². The molecule has 5 heteroatoms. The summed E-state index contributed by atoms with van der Waals surface area (Å²) in [4.78, 5) is 4.29. The molecule has 1 atom stereocenters. The highest BCUT2D eigenvalue weighted by Crippen LogP contribution is 2.18. The van der Waals surface area contributed by atoms with Crippen LogP contribution in [-0.4, -0.2) is 11.0 Å². The maximum Gasteiger partial charge on any atom is 0.137 e. The lowest BCUT2D eigenvalue weighted by molar-refractivity contribution is 0.488. The molecule has 0 bridgehead atoms. The molecule has 0 saturated carbocycles. The summed E-state index contributed by atoms with van der Waals surface area (Å²) in [5, 5.41) is 0. The zero-order valence-electron chi connectivity index (χ0n) is 11.0. The fourth-order valence-corrected chi connectivity index (χ4v) is 2.49. The predicted molar refractivity (Wildman–Crippen MR) is 81.5 cm³/mol. The van der Waals surface area contributed by atoms with Gasteiger partial charge >= 0.3 is 0 Å². The molecule has 1 aromatic carbocycles. The minimum Gasteiger partial charge on any atom is -0.271 e. The summed E-state index contributed by atoms with van der Waals surface area (Å²) in [6, 6.07) is 11.1. The largest absolute Gasteiger partial charge is 0.271 e. The van der Waals surface area contributed by atoms with Crippen LogP contribution in [0.1, 0.15) is 17.7 Å². The summed E-state index contributed by atoms with van der Waals surface area (Å²) < 4.78 is 13.7. The highest BCUT2D eigenvalue weighted by molar-refractivity contribution is 9.10. The number of aromatic nitrogens is 1. The van der Waals surface area contributed by atoms with Gasteiger partial charge in [-0.05, 0) is 65.0 Å². The van der Waals surface area contributed by atoms with E-state index >= 15 is 0 Å². The first kappa shape index (κ1) is 15.1. The van der Waals surface area contributed by atoms with Crippen molar-refractivity contribution in [1.82, 2.24) is 10.4 Å². The van der Waals surface area contributed by atoms with Crippen LogP contribution < -0.4 is 11.3 Å². The van der Waals surface area contributed by atoms with Gasteiger partial charge in [0.05, 0.1) is 4.47 Å². The third kappa shape index (κ3) is 4.37. The number of halogens is 2. The Kier molecular flexibility index (Phi) is 5.64. The predicted octanol–water partition coefficient (Wildman–Crippen LogP) is 2.99. The summed E-state index contributed by atoms with van der Waals surface area (Å²) >= 11 is 3.20. The Labute approximate surface area is 126 Å². The molecule has 106 valence electrons. The van der Waals surface area contributed by atoms with Crippen LogP contribution in [0.15, 0.2) is 47.1 Å². The van der Waals surface area contributed by atoms with E-state index in [1.807, 2.05) is 18.2 Å². The third-order valence-corrected chi connectivity index (χ3v) is 3.78. The number of aryl methyl sites for hydroxylation is 1. The second-order valence-electron chi connectivity index (χ2n) is 4.68. The molecule has 1 heterocycles. The highest BCUT2D eigenvalue weighted by atomic mass is 79.9. The van der Waals surface area contributed by atoms with Crippen molar-refractivity contribution in [2.24, 2.45) is 5.84 Å². The van der Waals surface area contributed by atoms with Gasteiger partial charge in [-0.25, -0.2) is 4.39 Å². The lowest BCUT2D eigenvalue weighted by atomic mass is 10.0. The molecule has 0 amide bonds. The number of rotatable bonds is 6. The first-order valence-electron chi connectivity index (χ1n) is 6.49. The minimum absolute atomic E-state index is 0.134. The molecule has 0 fully saturated rings. The van der Waals surface area contributed by atoms with E-state index in [1.54, 1.807) is 18.3 Å². The second kappa shape index (κ2) is 7.47. The zero-order valence-corrected chi connectivity index (χ0v) is 12.6. The Hall–Kier alpha value is -1.30. The molecular formula is C15H17BrFN3. The summed E-state index contributed by atoms with van der Waals surface area (Å²) in [5.41, 5.74) is 4.91. The van der Waals surface area contributed by atoms with E-state index in [0.717, 1.165) is 30.5 Å². The second-order valence-corrected chi connectivity index (χ2v) is 5.53. The van der Waals surface area contributed by atoms with Gasteiger partial charge in [0, 0.05) is 17.9 Å². The molecule has 3 nitrogen and oxygen atoms in total. The molecular weight excluding hydrogens is 321 g/mol. The van der Waals surface area contributed by atoms with Crippen LogP contribution in [0.25, 0.3) is 0 Å². The van der Waals surface area contributed by atoms with Gasteiger partial charge < -0.3 is 0 Å². The van der Waals surface area contributed by atoms with Gasteiger partial charge in [-0.3, -0.25) is 16.3 Å². The van der Waals surface area contributed by atoms with Crippen molar-refractivity contribution < 1.29 is 4.39 Å². The summed E-state index contributed by atoms with van der Waals surface area (Å²) in [6.07, 6.45) is 4.28. The fourth-order valence-electron chi connectivity index (χ4n) is 2.06. The van der Waals surface area contributed by atoms with Crippen LogP contribution in [0.5, 0.6) is 0 Å². The Morgan fingerprint density at radius 1 is 1.30 bits per heavy atom. The van der Waals surface area contributed by atoms with E-state index in [2.05, 4.69) is 26.3 Å². The molecule has 3 N–H and O–H groups in total. The Bertz CT molecular complexity index is 548. The topological polar surface area (TPSA) is 50.9 Å². The standard InChI is InChI=1S/C15H17BrFN3/c16-14-10-11(4-7-15(14)17)9-13(20-18)6-5-12-3-1-2-8-19-12/h1-4,7-8,10,13,20H,5-6,9,18H2. The molecule has 1 aromatic heterocycles. The summed E-state index contributed by atoms with van der Waals surface area (Å²) in [6.45, 7) is 0. The average molecular weight is 338 g/mol.